The first-order chi connectivity index (χ1) is 9.52. The van der Waals surface area contributed by atoms with Crippen LogP contribution in [0.2, 0.25) is 5.02 Å². The zero-order valence-electron chi connectivity index (χ0n) is 11.3. The Morgan fingerprint density at radius 3 is 2.80 bits per heavy atom. The van der Waals surface area contributed by atoms with E-state index in [1.165, 1.54) is 0 Å². The Labute approximate surface area is 123 Å². The number of nitrogens with two attached hydrogens (primary N) is 1. The summed E-state index contributed by atoms with van der Waals surface area (Å²) in [5.74, 6) is 0.0293. The van der Waals surface area contributed by atoms with Gasteiger partial charge in [-0.1, -0.05) is 22.8 Å². The first kappa shape index (κ1) is 14.7. The van der Waals surface area contributed by atoms with Crippen molar-refractivity contribution in [3.63, 3.8) is 0 Å². The van der Waals surface area contributed by atoms with E-state index in [0.29, 0.717) is 23.6 Å². The van der Waals surface area contributed by atoms with Crippen molar-refractivity contribution in [3.8, 4) is 0 Å². The van der Waals surface area contributed by atoms with Gasteiger partial charge in [0.15, 0.2) is 0 Å². The van der Waals surface area contributed by atoms with E-state index in [9.17, 15) is 4.79 Å². The van der Waals surface area contributed by atoms with E-state index in [-0.39, 0.29) is 17.8 Å². The smallest absolute Gasteiger partial charge is 0.255 e. The predicted molar refractivity (Wildman–Crippen MR) is 78.3 cm³/mol. The molecule has 5 nitrogen and oxygen atoms in total. The molecule has 0 atom stereocenters. The molecular formula is C14H18ClN3O2. The molecule has 1 amide bonds. The molecule has 0 heterocycles. The van der Waals surface area contributed by atoms with Gasteiger partial charge in [-0.25, -0.2) is 0 Å². The van der Waals surface area contributed by atoms with Crippen LogP contribution in [0.5, 0.6) is 0 Å². The van der Waals surface area contributed by atoms with Gasteiger partial charge in [-0.2, -0.15) is 0 Å². The van der Waals surface area contributed by atoms with E-state index >= 15 is 0 Å². The number of hydrogen-bond donors (Lipinski definition) is 2. The van der Waals surface area contributed by atoms with Crippen molar-refractivity contribution in [1.29, 1.82) is 0 Å². The second kappa shape index (κ2) is 6.13. The molecule has 1 saturated carbocycles. The fourth-order valence-electron chi connectivity index (χ4n) is 2.07. The third kappa shape index (κ3) is 3.42. The summed E-state index contributed by atoms with van der Waals surface area (Å²) >= 11 is 6.15. The highest BCUT2D eigenvalue weighted by Crippen LogP contribution is 2.30. The lowest BCUT2D eigenvalue weighted by molar-refractivity contribution is 0.0747. The van der Waals surface area contributed by atoms with Crippen LogP contribution < -0.4 is 5.73 Å². The molecular weight excluding hydrogens is 278 g/mol. The Kier molecular flexibility index (Phi) is 4.49. The Bertz CT molecular complexity index is 541. The molecule has 2 rings (SSSR count). The summed E-state index contributed by atoms with van der Waals surface area (Å²) in [6.45, 7) is 2.36. The van der Waals surface area contributed by atoms with Crippen molar-refractivity contribution >= 4 is 23.3 Å². The summed E-state index contributed by atoms with van der Waals surface area (Å²) in [4.78, 5) is 14.3. The SMILES string of the molecule is Cc1ccc(C(=O)N(CC/C(N)=N/O)C2CC2)c(Cl)c1. The number of oxime groups is 1. The van der Waals surface area contributed by atoms with Crippen molar-refractivity contribution in [3.05, 3.63) is 34.3 Å². The van der Waals surface area contributed by atoms with Crippen LogP contribution in [0.1, 0.15) is 35.2 Å². The van der Waals surface area contributed by atoms with Crippen LogP contribution in [0.15, 0.2) is 23.4 Å². The monoisotopic (exact) mass is 295 g/mol. The largest absolute Gasteiger partial charge is 0.409 e. The summed E-state index contributed by atoms with van der Waals surface area (Å²) in [7, 11) is 0. The molecule has 0 bridgehead atoms. The number of amidine groups is 1. The fraction of sp³-hybridized carbons (Fsp3) is 0.429. The second-order valence-corrected chi connectivity index (χ2v) is 5.46. The Morgan fingerprint density at radius 2 is 2.25 bits per heavy atom. The van der Waals surface area contributed by atoms with Crippen LogP contribution in [0.25, 0.3) is 0 Å². The highest BCUT2D eigenvalue weighted by Gasteiger charge is 2.33. The zero-order chi connectivity index (χ0) is 14.7. The van der Waals surface area contributed by atoms with E-state index in [4.69, 9.17) is 22.5 Å². The molecule has 20 heavy (non-hydrogen) atoms. The number of hydrogen-bond acceptors (Lipinski definition) is 3. The lowest BCUT2D eigenvalue weighted by Gasteiger charge is -2.22. The van der Waals surface area contributed by atoms with Crippen LogP contribution in [0, 0.1) is 6.92 Å². The molecule has 6 heteroatoms. The fourth-order valence-corrected chi connectivity index (χ4v) is 2.39. The third-order valence-corrected chi connectivity index (χ3v) is 3.65. The van der Waals surface area contributed by atoms with E-state index in [1.54, 1.807) is 17.0 Å². The molecule has 0 saturated heterocycles. The summed E-state index contributed by atoms with van der Waals surface area (Å²) in [6, 6.07) is 5.64. The lowest BCUT2D eigenvalue weighted by Crippen LogP contribution is -2.36. The molecule has 0 unspecified atom stereocenters. The quantitative estimate of drug-likeness (QED) is 0.379. The highest BCUT2D eigenvalue weighted by molar-refractivity contribution is 6.33. The normalized spacial score (nSPS) is 15.2. The number of carbonyl (C=O) groups is 1. The van der Waals surface area contributed by atoms with Gasteiger partial charge in [0.25, 0.3) is 5.91 Å². The molecule has 3 N–H and O–H groups in total. The van der Waals surface area contributed by atoms with Crippen LogP contribution >= 0.6 is 11.6 Å². The minimum absolute atomic E-state index is 0.0942. The number of carbonyl (C=O) groups excluding carboxylic acids is 1. The summed E-state index contributed by atoms with van der Waals surface area (Å²) in [5, 5.41) is 12.0. The molecule has 108 valence electrons. The van der Waals surface area contributed by atoms with Crippen molar-refractivity contribution in [2.24, 2.45) is 10.9 Å². The second-order valence-electron chi connectivity index (χ2n) is 5.05. The van der Waals surface area contributed by atoms with Crippen LogP contribution in [0.3, 0.4) is 0 Å². The van der Waals surface area contributed by atoms with Crippen LogP contribution in [-0.2, 0) is 0 Å². The van der Waals surface area contributed by atoms with Gasteiger partial charge in [-0.3, -0.25) is 4.79 Å². The van der Waals surface area contributed by atoms with E-state index < -0.39 is 0 Å². The molecule has 1 aliphatic rings. The van der Waals surface area contributed by atoms with Gasteiger partial charge in [-0.05, 0) is 37.5 Å². The van der Waals surface area contributed by atoms with Crippen molar-refractivity contribution < 1.29 is 10.0 Å². The molecule has 1 aromatic rings. The van der Waals surface area contributed by atoms with Gasteiger partial charge in [0.05, 0.1) is 10.6 Å². The average molecular weight is 296 g/mol. The molecule has 1 fully saturated rings. The minimum Gasteiger partial charge on any atom is -0.409 e. The first-order valence-electron chi connectivity index (χ1n) is 6.56. The summed E-state index contributed by atoms with van der Waals surface area (Å²) in [5.41, 5.74) is 6.98. The Balaban J connectivity index is 2.14. The zero-order valence-corrected chi connectivity index (χ0v) is 12.1. The first-order valence-corrected chi connectivity index (χ1v) is 6.94. The van der Waals surface area contributed by atoms with Crippen molar-refractivity contribution in [2.75, 3.05) is 6.54 Å². The molecule has 1 aliphatic carbocycles. The maximum absolute atomic E-state index is 12.6. The third-order valence-electron chi connectivity index (χ3n) is 3.34. The van der Waals surface area contributed by atoms with Gasteiger partial charge in [-0.15, -0.1) is 0 Å². The Morgan fingerprint density at radius 1 is 1.55 bits per heavy atom. The maximum atomic E-state index is 12.6. The number of benzene rings is 1. The topological polar surface area (TPSA) is 78.9 Å². The number of aryl methyl sites for hydroxylation is 1. The van der Waals surface area contributed by atoms with Gasteiger partial charge in [0, 0.05) is 19.0 Å². The summed E-state index contributed by atoms with van der Waals surface area (Å²) < 4.78 is 0. The van der Waals surface area contributed by atoms with Crippen molar-refractivity contribution in [1.82, 2.24) is 4.90 Å². The van der Waals surface area contributed by atoms with Gasteiger partial charge in [0.2, 0.25) is 0 Å². The van der Waals surface area contributed by atoms with Gasteiger partial charge in [0.1, 0.15) is 5.84 Å². The van der Waals surface area contributed by atoms with Gasteiger partial charge < -0.3 is 15.8 Å². The minimum atomic E-state index is -0.0942. The Hall–Kier alpha value is -1.75. The van der Waals surface area contributed by atoms with E-state index in [1.807, 2.05) is 13.0 Å². The van der Waals surface area contributed by atoms with Crippen LogP contribution in [-0.4, -0.2) is 34.4 Å². The van der Waals surface area contributed by atoms with E-state index in [2.05, 4.69) is 5.16 Å². The molecule has 0 radical (unpaired) electrons. The van der Waals surface area contributed by atoms with Crippen molar-refractivity contribution in [2.45, 2.75) is 32.2 Å². The molecule has 0 aromatic heterocycles. The van der Waals surface area contributed by atoms with E-state index in [0.717, 1.165) is 18.4 Å². The highest BCUT2D eigenvalue weighted by atomic mass is 35.5. The molecule has 1 aromatic carbocycles. The molecule has 0 spiro atoms. The number of halogens is 1. The number of amides is 1. The maximum Gasteiger partial charge on any atom is 0.255 e. The predicted octanol–water partition coefficient (Wildman–Crippen LogP) is 2.39. The lowest BCUT2D eigenvalue weighted by atomic mass is 10.1. The number of rotatable bonds is 5. The molecule has 0 aliphatic heterocycles. The van der Waals surface area contributed by atoms with Crippen LogP contribution in [0.4, 0.5) is 0 Å². The number of nitrogens with zero attached hydrogens (tertiary/aromatic N) is 2. The standard InChI is InChI=1S/C14H18ClN3O2/c1-9-2-5-11(12(15)8-9)14(19)18(10-3-4-10)7-6-13(16)17-20/h2,5,8,10,20H,3-4,6-7H2,1H3,(H2,16,17). The van der Waals surface area contributed by atoms with Gasteiger partial charge >= 0.3 is 0 Å². The average Bonchev–Trinajstić information content (AvgIpc) is 3.23. The summed E-state index contributed by atoms with van der Waals surface area (Å²) in [6.07, 6.45) is 2.33.